The zero-order valence-corrected chi connectivity index (χ0v) is 14.5. The molecule has 0 saturated carbocycles. The molecule has 142 valence electrons. The van der Waals surface area contributed by atoms with Crippen LogP contribution in [0.4, 0.5) is 13.2 Å². The number of rotatable bonds is 3. The van der Waals surface area contributed by atoms with Crippen LogP contribution in [0.2, 0.25) is 0 Å². The summed E-state index contributed by atoms with van der Waals surface area (Å²) >= 11 is 0. The monoisotopic (exact) mass is 385 g/mol. The lowest BCUT2D eigenvalue weighted by atomic mass is 9.91. The zero-order valence-electron chi connectivity index (χ0n) is 14.5. The normalized spacial score (nSPS) is 22.9. The van der Waals surface area contributed by atoms with E-state index >= 15 is 0 Å². The van der Waals surface area contributed by atoms with Gasteiger partial charge in [-0.2, -0.15) is 23.5 Å². The van der Waals surface area contributed by atoms with Crippen molar-refractivity contribution in [1.29, 1.82) is 5.26 Å². The van der Waals surface area contributed by atoms with Gasteiger partial charge < -0.3 is 4.74 Å². The Morgan fingerprint density at radius 2 is 2.14 bits per heavy atom. The molecule has 2 heterocycles. The quantitative estimate of drug-likeness (QED) is 0.739. The summed E-state index contributed by atoms with van der Waals surface area (Å²) in [6, 6.07) is 7.53. The summed E-state index contributed by atoms with van der Waals surface area (Å²) in [5, 5.41) is 14.7. The van der Waals surface area contributed by atoms with Gasteiger partial charge in [0.05, 0.1) is 18.4 Å². The molecule has 0 bridgehead atoms. The van der Waals surface area contributed by atoms with Gasteiger partial charge in [-0.15, -0.1) is 0 Å². The van der Waals surface area contributed by atoms with Crippen molar-refractivity contribution >= 4 is 11.5 Å². The van der Waals surface area contributed by atoms with Crippen molar-refractivity contribution in [3.05, 3.63) is 65.5 Å². The number of allylic oxidation sites excluding steroid dienone is 2. The zero-order chi connectivity index (χ0) is 19.9. The molecule has 28 heavy (non-hydrogen) atoms. The first kappa shape index (κ1) is 18.0. The van der Waals surface area contributed by atoms with Crippen molar-refractivity contribution in [3.8, 4) is 11.8 Å². The van der Waals surface area contributed by atoms with Crippen LogP contribution in [0, 0.1) is 11.3 Å². The molecule has 2 aliphatic heterocycles. The van der Waals surface area contributed by atoms with Crippen LogP contribution in [-0.4, -0.2) is 28.7 Å². The molecule has 2 atom stereocenters. The van der Waals surface area contributed by atoms with Crippen molar-refractivity contribution in [2.75, 3.05) is 0 Å². The van der Waals surface area contributed by atoms with Crippen molar-refractivity contribution in [2.24, 2.45) is 5.10 Å². The van der Waals surface area contributed by atoms with E-state index in [-0.39, 0.29) is 18.6 Å². The van der Waals surface area contributed by atoms with E-state index in [2.05, 4.69) is 5.10 Å². The van der Waals surface area contributed by atoms with E-state index in [0.717, 1.165) is 6.08 Å². The number of nitrogens with zero attached hydrogens (tertiary/aromatic N) is 3. The minimum absolute atomic E-state index is 0.0435. The lowest BCUT2D eigenvalue weighted by Crippen LogP contribution is -2.33. The minimum Gasteiger partial charge on any atom is -0.464 e. The van der Waals surface area contributed by atoms with E-state index in [1.807, 2.05) is 0 Å². The lowest BCUT2D eigenvalue weighted by Gasteiger charge is -2.33. The lowest BCUT2D eigenvalue weighted by molar-refractivity contribution is -0.112. The summed E-state index contributed by atoms with van der Waals surface area (Å²) in [4.78, 5) is 12.4. The molecule has 8 heteroatoms. The predicted molar refractivity (Wildman–Crippen MR) is 94.1 cm³/mol. The molecule has 0 aromatic heterocycles. The number of halogens is 3. The number of Topliss-reactive ketones (excluding diaryl/α,β-unsaturated/α-hetero) is 1. The maximum atomic E-state index is 13.2. The Bertz CT molecular complexity index is 999. The number of benzene rings is 1. The third-order valence-corrected chi connectivity index (χ3v) is 4.79. The predicted octanol–water partition coefficient (Wildman–Crippen LogP) is 3.98. The molecular formula is C20H14F3N3O2. The van der Waals surface area contributed by atoms with Crippen molar-refractivity contribution in [2.45, 2.75) is 31.1 Å². The molecule has 1 aromatic rings. The number of hydrogen-bond acceptors (Lipinski definition) is 5. The standard InChI is InChI=1S/C20H14F3N3O2/c21-20(22,23)12-4-3-5-13(10-12)26-19-14-6-1-2-7-17(14)28-11-15(19)18(25-26)16(27)8-9-24/h1-3,5-7,10-11,13,19H,4,8H2. The Morgan fingerprint density at radius 3 is 2.89 bits per heavy atom. The fraction of sp³-hybridized carbons (Fsp3) is 0.250. The van der Waals surface area contributed by atoms with E-state index in [4.69, 9.17) is 10.00 Å². The van der Waals surface area contributed by atoms with E-state index < -0.39 is 29.6 Å². The molecule has 0 radical (unpaired) electrons. The number of para-hydroxylation sites is 1. The molecule has 0 amide bonds. The second-order valence-electron chi connectivity index (χ2n) is 6.53. The molecule has 1 aliphatic carbocycles. The summed E-state index contributed by atoms with van der Waals surface area (Å²) in [6.45, 7) is 0. The highest BCUT2D eigenvalue weighted by molar-refractivity contribution is 6.47. The second-order valence-corrected chi connectivity index (χ2v) is 6.53. The molecular weight excluding hydrogens is 371 g/mol. The fourth-order valence-corrected chi connectivity index (χ4v) is 3.52. The van der Waals surface area contributed by atoms with Crippen molar-refractivity contribution in [3.63, 3.8) is 0 Å². The van der Waals surface area contributed by atoms with Gasteiger partial charge in [-0.3, -0.25) is 9.80 Å². The van der Waals surface area contributed by atoms with Gasteiger partial charge in [-0.05, 0) is 18.6 Å². The van der Waals surface area contributed by atoms with Crippen LogP contribution in [0.15, 0.2) is 65.0 Å². The Balaban J connectivity index is 1.79. The van der Waals surface area contributed by atoms with Crippen molar-refractivity contribution < 1.29 is 22.7 Å². The average molecular weight is 385 g/mol. The molecule has 3 aliphatic rings. The van der Waals surface area contributed by atoms with Crippen LogP contribution < -0.4 is 4.74 Å². The molecule has 0 saturated heterocycles. The maximum Gasteiger partial charge on any atom is 0.412 e. The van der Waals surface area contributed by atoms with Crippen LogP contribution in [0.3, 0.4) is 0 Å². The Labute approximate surface area is 158 Å². The Morgan fingerprint density at radius 1 is 1.36 bits per heavy atom. The largest absolute Gasteiger partial charge is 0.464 e. The molecule has 5 nitrogen and oxygen atoms in total. The van der Waals surface area contributed by atoms with E-state index in [9.17, 15) is 18.0 Å². The second kappa shape index (κ2) is 6.68. The molecule has 4 rings (SSSR count). The number of nitriles is 1. The number of fused-ring (bicyclic) bond motifs is 3. The summed E-state index contributed by atoms with van der Waals surface area (Å²) in [5.41, 5.74) is 0.532. The summed E-state index contributed by atoms with van der Waals surface area (Å²) in [6.07, 6.45) is 0.587. The average Bonchev–Trinajstić information content (AvgIpc) is 3.08. The van der Waals surface area contributed by atoms with Crippen LogP contribution in [0.25, 0.3) is 0 Å². The Kier molecular flexibility index (Phi) is 4.30. The van der Waals surface area contributed by atoms with Gasteiger partial charge in [0.15, 0.2) is 5.78 Å². The van der Waals surface area contributed by atoms with E-state index in [1.54, 1.807) is 36.4 Å². The van der Waals surface area contributed by atoms with Gasteiger partial charge in [0, 0.05) is 16.7 Å². The van der Waals surface area contributed by atoms with Gasteiger partial charge in [-0.25, -0.2) is 0 Å². The van der Waals surface area contributed by atoms with Gasteiger partial charge in [0.25, 0.3) is 0 Å². The first-order chi connectivity index (χ1) is 13.4. The highest BCUT2D eigenvalue weighted by Crippen LogP contribution is 2.45. The number of hydrazone groups is 1. The highest BCUT2D eigenvalue weighted by Gasteiger charge is 2.43. The van der Waals surface area contributed by atoms with Crippen LogP contribution >= 0.6 is 0 Å². The number of carbonyl (C=O) groups is 1. The third kappa shape index (κ3) is 2.99. The number of hydrogen-bond donors (Lipinski definition) is 0. The van der Waals surface area contributed by atoms with Crippen LogP contribution in [0.1, 0.15) is 24.4 Å². The third-order valence-electron chi connectivity index (χ3n) is 4.79. The number of ether oxygens (including phenoxy) is 1. The minimum atomic E-state index is -4.43. The van der Waals surface area contributed by atoms with Gasteiger partial charge in [0.2, 0.25) is 0 Å². The summed E-state index contributed by atoms with van der Waals surface area (Å²) in [7, 11) is 0. The number of ketones is 1. The first-order valence-electron chi connectivity index (χ1n) is 8.58. The van der Waals surface area contributed by atoms with Gasteiger partial charge in [0.1, 0.15) is 23.9 Å². The maximum absolute atomic E-state index is 13.2. The van der Waals surface area contributed by atoms with E-state index in [1.165, 1.54) is 17.3 Å². The van der Waals surface area contributed by atoms with Gasteiger partial charge >= 0.3 is 6.18 Å². The topological polar surface area (TPSA) is 65.7 Å². The molecule has 0 spiro atoms. The highest BCUT2D eigenvalue weighted by atomic mass is 19.4. The van der Waals surface area contributed by atoms with E-state index in [0.29, 0.717) is 16.9 Å². The molecule has 1 aromatic carbocycles. The van der Waals surface area contributed by atoms with Crippen LogP contribution in [0.5, 0.6) is 5.75 Å². The fourth-order valence-electron chi connectivity index (χ4n) is 3.52. The van der Waals surface area contributed by atoms with Crippen LogP contribution in [-0.2, 0) is 4.79 Å². The summed E-state index contributed by atoms with van der Waals surface area (Å²) < 4.78 is 45.2. The first-order valence-corrected chi connectivity index (χ1v) is 8.58. The number of alkyl halides is 3. The van der Waals surface area contributed by atoms with Crippen molar-refractivity contribution in [1.82, 2.24) is 5.01 Å². The SMILES string of the molecule is N#CCC(=O)C1=NN(C2C=CCC(C(F)(F)F)=C2)C2C1=COc1ccccc12. The smallest absolute Gasteiger partial charge is 0.412 e. The molecule has 0 fully saturated rings. The summed E-state index contributed by atoms with van der Waals surface area (Å²) in [5.74, 6) is 0.0503. The Hall–Kier alpha value is -3.34. The van der Waals surface area contributed by atoms with Gasteiger partial charge in [-0.1, -0.05) is 30.4 Å². The molecule has 0 N–H and O–H groups in total. The number of carbonyl (C=O) groups excluding carboxylic acids is 1. The molecule has 2 unspecified atom stereocenters.